The van der Waals surface area contributed by atoms with Gasteiger partial charge in [0.05, 0.1) is 37.2 Å². The Kier molecular flexibility index (Phi) is 9.99. The van der Waals surface area contributed by atoms with Crippen LogP contribution in [0.25, 0.3) is 0 Å². The third kappa shape index (κ3) is 8.73. The normalized spacial score (nSPS) is 17.4. The van der Waals surface area contributed by atoms with Gasteiger partial charge in [-0.2, -0.15) is 26.3 Å². The van der Waals surface area contributed by atoms with E-state index in [0.29, 0.717) is 12.1 Å². The molecule has 2 unspecified atom stereocenters. The van der Waals surface area contributed by atoms with Gasteiger partial charge in [0.25, 0.3) is 5.91 Å². The monoisotopic (exact) mass is 635 g/mol. The lowest BCUT2D eigenvalue weighted by Crippen LogP contribution is -2.42. The fourth-order valence-corrected chi connectivity index (χ4v) is 3.96. The number of carboxylic acids is 1. The molecule has 0 aromatic heterocycles. The third-order valence-electron chi connectivity index (χ3n) is 6.33. The molecular formula is C26H27F6N5O7. The highest BCUT2D eigenvalue weighted by Crippen LogP contribution is 2.42. The van der Waals surface area contributed by atoms with Gasteiger partial charge in [-0.15, -0.1) is 0 Å². The molecule has 18 heteroatoms. The number of aromatic hydroxyl groups is 1. The zero-order chi connectivity index (χ0) is 33.0. The zero-order valence-corrected chi connectivity index (χ0v) is 22.7. The Labute approximate surface area is 244 Å². The number of benzene rings is 2. The van der Waals surface area contributed by atoms with Gasteiger partial charge >= 0.3 is 18.3 Å². The van der Waals surface area contributed by atoms with Crippen LogP contribution in [0.1, 0.15) is 46.4 Å². The summed E-state index contributed by atoms with van der Waals surface area (Å²) in [5, 5.41) is 48.6. The Morgan fingerprint density at radius 1 is 1.05 bits per heavy atom. The molecule has 8 N–H and O–H groups in total. The molecule has 2 amide bonds. The SMILES string of the molecule is CC(O)(c1cc([C@H](CC(=O)O)NC(=O)CNC(=O)c2cc(O)cc(NC3=NCC(O)CN3)c2)cc(C(F)(F)F)c1)C(F)(F)F. The first kappa shape index (κ1) is 33.9. The molecule has 1 heterocycles. The number of aliphatic hydroxyl groups is 2. The minimum atomic E-state index is -5.41. The number of phenolic OH excluding ortho intramolecular Hbond substituents is 1. The largest absolute Gasteiger partial charge is 0.508 e. The molecule has 0 aliphatic carbocycles. The summed E-state index contributed by atoms with van der Waals surface area (Å²) in [5.74, 6) is -3.79. The second kappa shape index (κ2) is 13.0. The molecular weight excluding hydrogens is 608 g/mol. The number of aliphatic carboxylic acids is 1. The lowest BCUT2D eigenvalue weighted by atomic mass is 9.89. The van der Waals surface area contributed by atoms with Crippen LogP contribution in [-0.2, 0) is 21.4 Å². The number of guanidine groups is 1. The number of rotatable bonds is 9. The number of carbonyl (C=O) groups is 3. The predicted octanol–water partition coefficient (Wildman–Crippen LogP) is 1.97. The van der Waals surface area contributed by atoms with Crippen LogP contribution in [0.2, 0.25) is 0 Å². The number of nitrogens with one attached hydrogen (secondary N) is 4. The van der Waals surface area contributed by atoms with E-state index in [9.17, 15) is 61.2 Å². The summed E-state index contributed by atoms with van der Waals surface area (Å²) in [6.07, 6.45) is -12.4. The van der Waals surface area contributed by atoms with Gasteiger partial charge < -0.3 is 41.7 Å². The Morgan fingerprint density at radius 3 is 2.27 bits per heavy atom. The van der Waals surface area contributed by atoms with E-state index in [2.05, 4.69) is 26.3 Å². The Bertz CT molecular complexity index is 1450. The first-order valence-corrected chi connectivity index (χ1v) is 12.6. The molecule has 0 bridgehead atoms. The number of carbonyl (C=O) groups excluding carboxylic acids is 2. The van der Waals surface area contributed by atoms with E-state index in [1.807, 2.05) is 0 Å². The molecule has 240 valence electrons. The Hall–Kier alpha value is -4.58. The zero-order valence-electron chi connectivity index (χ0n) is 22.7. The summed E-state index contributed by atoms with van der Waals surface area (Å²) in [5.41, 5.74) is -7.30. The van der Waals surface area contributed by atoms with Crippen LogP contribution >= 0.6 is 0 Å². The van der Waals surface area contributed by atoms with Crippen LogP contribution in [-0.4, -0.2) is 76.1 Å². The van der Waals surface area contributed by atoms with E-state index < -0.39 is 77.5 Å². The maximum absolute atomic E-state index is 13.5. The number of aliphatic hydroxyl groups excluding tert-OH is 1. The number of carboxylic acid groups (broad SMARTS) is 1. The number of nitrogens with zero attached hydrogens (tertiary/aromatic N) is 1. The highest BCUT2D eigenvalue weighted by Gasteiger charge is 2.52. The number of hydrogen-bond acceptors (Lipinski definition) is 9. The van der Waals surface area contributed by atoms with Crippen molar-refractivity contribution in [1.29, 1.82) is 0 Å². The van der Waals surface area contributed by atoms with Crippen molar-refractivity contribution in [3.05, 3.63) is 58.7 Å². The molecule has 0 saturated carbocycles. The van der Waals surface area contributed by atoms with Gasteiger partial charge in [0.1, 0.15) is 5.75 Å². The first-order valence-electron chi connectivity index (χ1n) is 12.6. The number of aliphatic imine (C=N–C) groups is 1. The van der Waals surface area contributed by atoms with Gasteiger partial charge in [-0.3, -0.25) is 19.4 Å². The Morgan fingerprint density at radius 2 is 1.70 bits per heavy atom. The van der Waals surface area contributed by atoms with E-state index in [1.165, 1.54) is 12.1 Å². The molecule has 2 aromatic carbocycles. The smallest absolute Gasteiger partial charge is 0.421 e. The fraction of sp³-hybridized carbons (Fsp3) is 0.385. The number of amides is 2. The second-order valence-electron chi connectivity index (χ2n) is 9.93. The third-order valence-corrected chi connectivity index (χ3v) is 6.33. The van der Waals surface area contributed by atoms with Gasteiger partial charge in [0.2, 0.25) is 5.91 Å². The van der Waals surface area contributed by atoms with Crippen LogP contribution in [0.3, 0.4) is 0 Å². The van der Waals surface area contributed by atoms with E-state index in [4.69, 9.17) is 0 Å². The van der Waals surface area contributed by atoms with Crippen LogP contribution in [0.15, 0.2) is 41.4 Å². The molecule has 1 aliphatic rings. The van der Waals surface area contributed by atoms with Gasteiger partial charge in [-0.05, 0) is 42.3 Å². The number of halogens is 6. The number of β-amino-alcohol motifs (C(OH)–C–C–N with tert-alkyl or cyclic N) is 1. The highest BCUT2D eigenvalue weighted by atomic mass is 19.4. The van der Waals surface area contributed by atoms with Crippen molar-refractivity contribution < 1.29 is 61.2 Å². The average Bonchev–Trinajstić information content (AvgIpc) is 2.90. The lowest BCUT2D eigenvalue weighted by molar-refractivity contribution is -0.259. The highest BCUT2D eigenvalue weighted by molar-refractivity contribution is 6.00. The second-order valence-corrected chi connectivity index (χ2v) is 9.93. The van der Waals surface area contributed by atoms with Crippen molar-refractivity contribution >= 4 is 29.4 Å². The van der Waals surface area contributed by atoms with E-state index in [0.717, 1.165) is 6.07 Å². The van der Waals surface area contributed by atoms with Crippen molar-refractivity contribution in [3.63, 3.8) is 0 Å². The van der Waals surface area contributed by atoms with Gasteiger partial charge in [0.15, 0.2) is 11.6 Å². The average molecular weight is 636 g/mol. The van der Waals surface area contributed by atoms with Crippen LogP contribution in [0.5, 0.6) is 5.75 Å². The van der Waals surface area contributed by atoms with Crippen LogP contribution in [0, 0.1) is 0 Å². The van der Waals surface area contributed by atoms with Crippen molar-refractivity contribution in [2.75, 3.05) is 25.0 Å². The van der Waals surface area contributed by atoms with Crippen molar-refractivity contribution in [2.45, 2.75) is 43.4 Å². The minimum Gasteiger partial charge on any atom is -0.508 e. The lowest BCUT2D eigenvalue weighted by Gasteiger charge is -2.29. The maximum atomic E-state index is 13.5. The molecule has 44 heavy (non-hydrogen) atoms. The van der Waals surface area contributed by atoms with E-state index >= 15 is 0 Å². The maximum Gasteiger partial charge on any atom is 0.421 e. The van der Waals surface area contributed by atoms with Gasteiger partial charge in [-0.25, -0.2) is 0 Å². The topological polar surface area (TPSA) is 193 Å². The van der Waals surface area contributed by atoms with E-state index in [1.54, 1.807) is 0 Å². The molecule has 2 aromatic rings. The van der Waals surface area contributed by atoms with Crippen LogP contribution < -0.4 is 21.3 Å². The molecule has 0 fully saturated rings. The fourth-order valence-electron chi connectivity index (χ4n) is 3.96. The quantitative estimate of drug-likeness (QED) is 0.190. The standard InChI is InChI=1S/C26H27F6N5O7/c1-24(44,26(30,31)32)14-2-12(3-15(6-14)25(27,28)29)19(8-21(41)42)37-20(40)11-33-22(43)13-4-16(7-17(38)5-13)36-23-34-9-18(39)10-35-23/h2-7,18-19,38-39,44H,8-11H2,1H3,(H,33,43)(H,37,40)(H,41,42)(H2,34,35,36)/t19-,24?/m0/s1. The van der Waals surface area contributed by atoms with Crippen LogP contribution in [0.4, 0.5) is 32.0 Å². The number of alkyl halides is 6. The van der Waals surface area contributed by atoms with Crippen molar-refractivity contribution in [2.24, 2.45) is 4.99 Å². The van der Waals surface area contributed by atoms with E-state index in [-0.39, 0.29) is 49.0 Å². The Balaban J connectivity index is 1.79. The molecule has 0 spiro atoms. The first-order chi connectivity index (χ1) is 20.3. The molecule has 3 atom stereocenters. The predicted molar refractivity (Wildman–Crippen MR) is 141 cm³/mol. The molecule has 12 nitrogen and oxygen atoms in total. The minimum absolute atomic E-state index is 0.0650. The summed E-state index contributed by atoms with van der Waals surface area (Å²) in [4.78, 5) is 40.7. The molecule has 0 radical (unpaired) electrons. The van der Waals surface area contributed by atoms with Crippen molar-refractivity contribution in [1.82, 2.24) is 16.0 Å². The molecule has 3 rings (SSSR count). The number of phenols is 1. The summed E-state index contributed by atoms with van der Waals surface area (Å²) < 4.78 is 80.9. The molecule has 1 aliphatic heterocycles. The van der Waals surface area contributed by atoms with Gasteiger partial charge in [-0.1, -0.05) is 6.07 Å². The summed E-state index contributed by atoms with van der Waals surface area (Å²) in [6.45, 7) is -0.341. The van der Waals surface area contributed by atoms with Crippen molar-refractivity contribution in [3.8, 4) is 5.75 Å². The van der Waals surface area contributed by atoms with Gasteiger partial charge in [0, 0.05) is 23.9 Å². The number of hydrogen-bond donors (Lipinski definition) is 8. The summed E-state index contributed by atoms with van der Waals surface area (Å²) in [7, 11) is 0. The molecule has 0 saturated heterocycles. The summed E-state index contributed by atoms with van der Waals surface area (Å²) >= 11 is 0. The number of anilines is 1. The summed E-state index contributed by atoms with van der Waals surface area (Å²) in [6, 6.07) is 2.66.